The molecule has 1 aromatic carbocycles. The van der Waals surface area contributed by atoms with Crippen LogP contribution in [0.5, 0.6) is 5.75 Å². The fourth-order valence-corrected chi connectivity index (χ4v) is 2.25. The second-order valence-corrected chi connectivity index (χ2v) is 5.42. The molecule has 2 rings (SSSR count). The summed E-state index contributed by atoms with van der Waals surface area (Å²) in [6, 6.07) is 4.65. The van der Waals surface area contributed by atoms with E-state index in [1.165, 1.54) is 12.3 Å². The number of alkyl halides is 2. The Bertz CT molecular complexity index is 785. The molecule has 0 saturated carbocycles. The average Bonchev–Trinajstić information content (AvgIpc) is 2.87. The van der Waals surface area contributed by atoms with Gasteiger partial charge in [-0.05, 0) is 25.5 Å². The fourth-order valence-electron chi connectivity index (χ4n) is 2.25. The third-order valence-electron chi connectivity index (χ3n) is 3.40. The van der Waals surface area contributed by atoms with E-state index in [-0.39, 0.29) is 17.1 Å². The molecule has 0 bridgehead atoms. The molecule has 6 nitrogen and oxygen atoms in total. The SMILES string of the molecule is Cc1ccc(NC(=O)c2c(C)coc2CC(=O)O)cc1OCC(F)F. The second kappa shape index (κ2) is 7.78. The summed E-state index contributed by atoms with van der Waals surface area (Å²) < 4.78 is 34.7. The Morgan fingerprint density at radius 1 is 1.28 bits per heavy atom. The van der Waals surface area contributed by atoms with E-state index in [9.17, 15) is 18.4 Å². The molecular weight excluding hydrogens is 336 g/mol. The third kappa shape index (κ3) is 4.79. The first-order valence-corrected chi connectivity index (χ1v) is 7.39. The van der Waals surface area contributed by atoms with Crippen LogP contribution in [0.1, 0.15) is 27.2 Å². The fraction of sp³-hybridized carbons (Fsp3) is 0.294. The van der Waals surface area contributed by atoms with Crippen LogP contribution in [0.4, 0.5) is 14.5 Å². The van der Waals surface area contributed by atoms with E-state index in [2.05, 4.69) is 5.32 Å². The predicted molar refractivity (Wildman–Crippen MR) is 85.4 cm³/mol. The predicted octanol–water partition coefficient (Wildman–Crippen LogP) is 3.42. The Labute approximate surface area is 142 Å². The Kier molecular flexibility index (Phi) is 5.74. The van der Waals surface area contributed by atoms with Gasteiger partial charge < -0.3 is 19.6 Å². The van der Waals surface area contributed by atoms with E-state index >= 15 is 0 Å². The minimum atomic E-state index is -2.61. The molecule has 2 N–H and O–H groups in total. The van der Waals surface area contributed by atoms with Gasteiger partial charge in [-0.3, -0.25) is 9.59 Å². The summed E-state index contributed by atoms with van der Waals surface area (Å²) in [4.78, 5) is 23.3. The number of benzene rings is 1. The van der Waals surface area contributed by atoms with Gasteiger partial charge in [0.15, 0.2) is 0 Å². The third-order valence-corrected chi connectivity index (χ3v) is 3.40. The lowest BCUT2D eigenvalue weighted by atomic mass is 10.1. The van der Waals surface area contributed by atoms with Crippen LogP contribution in [0.25, 0.3) is 0 Å². The maximum absolute atomic E-state index is 12.4. The molecule has 1 heterocycles. The average molecular weight is 353 g/mol. The van der Waals surface area contributed by atoms with Crippen molar-refractivity contribution in [2.45, 2.75) is 26.7 Å². The molecule has 0 atom stereocenters. The Morgan fingerprint density at radius 2 is 2.00 bits per heavy atom. The second-order valence-electron chi connectivity index (χ2n) is 5.42. The molecule has 0 aliphatic heterocycles. The van der Waals surface area contributed by atoms with E-state index in [4.69, 9.17) is 14.3 Å². The number of aliphatic carboxylic acids is 1. The van der Waals surface area contributed by atoms with E-state index in [1.54, 1.807) is 26.0 Å². The molecule has 0 unspecified atom stereocenters. The highest BCUT2D eigenvalue weighted by Gasteiger charge is 2.21. The molecule has 25 heavy (non-hydrogen) atoms. The van der Waals surface area contributed by atoms with Gasteiger partial charge >= 0.3 is 5.97 Å². The number of amides is 1. The lowest BCUT2D eigenvalue weighted by Gasteiger charge is -2.12. The van der Waals surface area contributed by atoms with Gasteiger partial charge in [-0.15, -0.1) is 0 Å². The van der Waals surface area contributed by atoms with Crippen LogP contribution in [-0.2, 0) is 11.2 Å². The molecule has 134 valence electrons. The molecule has 0 saturated heterocycles. The summed E-state index contributed by atoms with van der Waals surface area (Å²) in [6.45, 7) is 2.56. The van der Waals surface area contributed by atoms with Gasteiger partial charge in [-0.25, -0.2) is 8.78 Å². The largest absolute Gasteiger partial charge is 0.487 e. The normalized spacial score (nSPS) is 10.8. The van der Waals surface area contributed by atoms with Gasteiger partial charge in [0.25, 0.3) is 12.3 Å². The van der Waals surface area contributed by atoms with Crippen LogP contribution < -0.4 is 10.1 Å². The first-order valence-electron chi connectivity index (χ1n) is 7.39. The molecule has 0 radical (unpaired) electrons. The Morgan fingerprint density at radius 3 is 2.64 bits per heavy atom. The first kappa shape index (κ1) is 18.4. The Hall–Kier alpha value is -2.90. The number of rotatable bonds is 7. The van der Waals surface area contributed by atoms with Crippen LogP contribution >= 0.6 is 0 Å². The summed E-state index contributed by atoms with van der Waals surface area (Å²) in [5, 5.41) is 11.5. The number of hydrogen-bond donors (Lipinski definition) is 2. The van der Waals surface area contributed by atoms with Crippen LogP contribution in [-0.4, -0.2) is 30.0 Å². The number of halogens is 2. The molecule has 0 fully saturated rings. The summed E-state index contributed by atoms with van der Waals surface area (Å²) in [7, 11) is 0. The molecule has 2 aromatic rings. The zero-order chi connectivity index (χ0) is 18.6. The van der Waals surface area contributed by atoms with Crippen molar-refractivity contribution < 1.29 is 32.6 Å². The highest BCUT2D eigenvalue weighted by molar-refractivity contribution is 6.06. The summed E-state index contributed by atoms with van der Waals surface area (Å²) in [5.74, 6) is -1.40. The molecule has 1 aromatic heterocycles. The van der Waals surface area contributed by atoms with Crippen molar-refractivity contribution in [3.05, 3.63) is 46.9 Å². The number of carboxylic acid groups (broad SMARTS) is 1. The topological polar surface area (TPSA) is 88.8 Å². The van der Waals surface area contributed by atoms with Gasteiger partial charge in [0.1, 0.15) is 24.5 Å². The number of aryl methyl sites for hydroxylation is 2. The standard InChI is InChI=1S/C17H17F2NO5/c1-9-3-4-11(5-12(9)25-8-14(18)19)20-17(23)16-10(2)7-24-13(16)6-15(21)22/h3-5,7,14H,6,8H2,1-2H3,(H,20,23)(H,21,22). The van der Waals surface area contributed by atoms with Crippen LogP contribution in [0.15, 0.2) is 28.9 Å². The Balaban J connectivity index is 2.19. The highest BCUT2D eigenvalue weighted by Crippen LogP contribution is 2.25. The van der Waals surface area contributed by atoms with Crippen molar-refractivity contribution in [1.29, 1.82) is 0 Å². The van der Waals surface area contributed by atoms with Crippen molar-refractivity contribution in [2.75, 3.05) is 11.9 Å². The lowest BCUT2D eigenvalue weighted by Crippen LogP contribution is -2.16. The van der Waals surface area contributed by atoms with Gasteiger partial charge in [-0.2, -0.15) is 0 Å². The van der Waals surface area contributed by atoms with Gasteiger partial charge in [0.2, 0.25) is 0 Å². The minimum absolute atomic E-state index is 0.0452. The molecule has 0 spiro atoms. The number of carboxylic acids is 1. The number of ether oxygens (including phenoxy) is 1. The van der Waals surface area contributed by atoms with Gasteiger partial charge in [0.05, 0.1) is 11.8 Å². The monoisotopic (exact) mass is 353 g/mol. The number of carbonyl (C=O) groups excluding carboxylic acids is 1. The van der Waals surface area contributed by atoms with Crippen molar-refractivity contribution in [1.82, 2.24) is 0 Å². The highest BCUT2D eigenvalue weighted by atomic mass is 19.3. The van der Waals surface area contributed by atoms with E-state index < -0.39 is 31.3 Å². The number of furan rings is 1. The molecular formula is C17H17F2NO5. The number of nitrogens with one attached hydrogen (secondary N) is 1. The van der Waals surface area contributed by atoms with Crippen molar-refractivity contribution in [2.24, 2.45) is 0 Å². The van der Waals surface area contributed by atoms with E-state index in [0.717, 1.165) is 0 Å². The minimum Gasteiger partial charge on any atom is -0.487 e. The van der Waals surface area contributed by atoms with E-state index in [1.807, 2.05) is 0 Å². The number of anilines is 1. The number of carbonyl (C=O) groups is 2. The molecule has 1 amide bonds. The van der Waals surface area contributed by atoms with Crippen molar-refractivity contribution in [3.63, 3.8) is 0 Å². The summed E-state index contributed by atoms with van der Waals surface area (Å²) in [6.07, 6.45) is -1.72. The van der Waals surface area contributed by atoms with Gasteiger partial charge in [0, 0.05) is 17.3 Å². The molecule has 0 aliphatic carbocycles. The molecule has 8 heteroatoms. The van der Waals surface area contributed by atoms with Crippen molar-refractivity contribution >= 4 is 17.6 Å². The van der Waals surface area contributed by atoms with Crippen molar-refractivity contribution in [3.8, 4) is 5.75 Å². The lowest BCUT2D eigenvalue weighted by molar-refractivity contribution is -0.136. The van der Waals surface area contributed by atoms with Gasteiger partial charge in [-0.1, -0.05) is 6.07 Å². The maximum Gasteiger partial charge on any atom is 0.311 e. The summed E-state index contributed by atoms with van der Waals surface area (Å²) in [5.41, 5.74) is 1.61. The van der Waals surface area contributed by atoms with Crippen LogP contribution in [0.2, 0.25) is 0 Å². The zero-order valence-corrected chi connectivity index (χ0v) is 13.6. The summed E-state index contributed by atoms with van der Waals surface area (Å²) >= 11 is 0. The van der Waals surface area contributed by atoms with E-state index in [0.29, 0.717) is 16.8 Å². The molecule has 0 aliphatic rings. The smallest absolute Gasteiger partial charge is 0.311 e. The van der Waals surface area contributed by atoms with Crippen LogP contribution in [0.3, 0.4) is 0 Å². The first-order chi connectivity index (χ1) is 11.8. The quantitative estimate of drug-likeness (QED) is 0.796. The maximum atomic E-state index is 12.4. The van der Waals surface area contributed by atoms with Crippen LogP contribution in [0, 0.1) is 13.8 Å². The zero-order valence-electron chi connectivity index (χ0n) is 13.6. The number of hydrogen-bond acceptors (Lipinski definition) is 4.